The predicted molar refractivity (Wildman–Crippen MR) is 101 cm³/mol. The van der Waals surface area contributed by atoms with Crippen LogP contribution in [0.3, 0.4) is 0 Å². The van der Waals surface area contributed by atoms with Gasteiger partial charge in [-0.2, -0.15) is 0 Å². The van der Waals surface area contributed by atoms with Crippen molar-refractivity contribution in [2.45, 2.75) is 25.7 Å². The topological polar surface area (TPSA) is 71.5 Å². The van der Waals surface area contributed by atoms with E-state index < -0.39 is 5.97 Å². The van der Waals surface area contributed by atoms with E-state index in [9.17, 15) is 9.59 Å². The molecule has 136 valence electrons. The standard InChI is InChI=1S/C20H23N3O3/c1-26-20(25)16-8-4-5-9-17(16)22-19(24)18-14-15(10-11-21-18)23-12-6-2-3-7-13-23/h4-5,8-11,14H,2-3,6-7,12-13H2,1H3,(H,22,24). The molecular weight excluding hydrogens is 330 g/mol. The Morgan fingerprint density at radius 1 is 1.08 bits per heavy atom. The van der Waals surface area contributed by atoms with Gasteiger partial charge in [0.25, 0.3) is 5.91 Å². The Morgan fingerprint density at radius 2 is 1.81 bits per heavy atom. The molecule has 1 aliphatic rings. The van der Waals surface area contributed by atoms with E-state index in [-0.39, 0.29) is 5.91 Å². The number of nitrogens with one attached hydrogen (secondary N) is 1. The summed E-state index contributed by atoms with van der Waals surface area (Å²) in [5, 5.41) is 2.76. The second-order valence-corrected chi connectivity index (χ2v) is 6.29. The summed E-state index contributed by atoms with van der Waals surface area (Å²) in [5.41, 5.74) is 2.05. The molecular formula is C20H23N3O3. The Kier molecular flexibility index (Phi) is 5.84. The van der Waals surface area contributed by atoms with Crippen molar-refractivity contribution in [2.24, 2.45) is 0 Å². The molecule has 0 atom stereocenters. The lowest BCUT2D eigenvalue weighted by atomic mass is 10.1. The Morgan fingerprint density at radius 3 is 2.54 bits per heavy atom. The number of ether oxygens (including phenoxy) is 1. The van der Waals surface area contributed by atoms with E-state index >= 15 is 0 Å². The highest BCUT2D eigenvalue weighted by Gasteiger charge is 2.17. The number of carbonyl (C=O) groups is 2. The van der Waals surface area contributed by atoms with Gasteiger partial charge in [-0.3, -0.25) is 9.78 Å². The third kappa shape index (κ3) is 4.20. The highest BCUT2D eigenvalue weighted by molar-refractivity contribution is 6.07. The largest absolute Gasteiger partial charge is 0.465 e. The van der Waals surface area contributed by atoms with Crippen LogP contribution in [0.2, 0.25) is 0 Å². The summed E-state index contributed by atoms with van der Waals surface area (Å²) in [4.78, 5) is 31.0. The van der Waals surface area contributed by atoms with Gasteiger partial charge in [0, 0.05) is 25.0 Å². The second kappa shape index (κ2) is 8.47. The van der Waals surface area contributed by atoms with Crippen LogP contribution >= 0.6 is 0 Å². The van der Waals surface area contributed by atoms with Gasteiger partial charge in [-0.1, -0.05) is 25.0 Å². The number of rotatable bonds is 4. The molecule has 1 aromatic heterocycles. The van der Waals surface area contributed by atoms with Gasteiger partial charge in [-0.25, -0.2) is 4.79 Å². The van der Waals surface area contributed by atoms with E-state index in [0.29, 0.717) is 16.9 Å². The fourth-order valence-corrected chi connectivity index (χ4v) is 3.14. The molecule has 0 aliphatic carbocycles. The van der Waals surface area contributed by atoms with Crippen LogP contribution in [0.1, 0.15) is 46.5 Å². The van der Waals surface area contributed by atoms with Gasteiger partial charge in [0.2, 0.25) is 0 Å². The number of nitrogens with zero attached hydrogens (tertiary/aromatic N) is 2. The van der Waals surface area contributed by atoms with Crippen molar-refractivity contribution in [2.75, 3.05) is 30.4 Å². The number of anilines is 2. The molecule has 6 heteroatoms. The SMILES string of the molecule is COC(=O)c1ccccc1NC(=O)c1cc(N2CCCCCC2)ccn1. The van der Waals surface area contributed by atoms with E-state index in [0.717, 1.165) is 31.6 Å². The van der Waals surface area contributed by atoms with Crippen LogP contribution < -0.4 is 10.2 Å². The number of para-hydroxylation sites is 1. The van der Waals surface area contributed by atoms with Gasteiger partial charge in [-0.15, -0.1) is 0 Å². The van der Waals surface area contributed by atoms with Crippen molar-refractivity contribution in [3.63, 3.8) is 0 Å². The maximum atomic E-state index is 12.6. The maximum absolute atomic E-state index is 12.6. The monoisotopic (exact) mass is 353 g/mol. The van der Waals surface area contributed by atoms with Crippen molar-refractivity contribution in [3.05, 3.63) is 53.9 Å². The zero-order valence-corrected chi connectivity index (χ0v) is 14.9. The molecule has 1 amide bonds. The number of aromatic nitrogens is 1. The van der Waals surface area contributed by atoms with Crippen molar-refractivity contribution < 1.29 is 14.3 Å². The summed E-state index contributed by atoms with van der Waals surface area (Å²) in [6.07, 6.45) is 6.48. The lowest BCUT2D eigenvalue weighted by Crippen LogP contribution is -2.24. The van der Waals surface area contributed by atoms with Gasteiger partial charge < -0.3 is 15.0 Å². The van der Waals surface area contributed by atoms with Crippen LogP contribution in [0.25, 0.3) is 0 Å². The first-order valence-corrected chi connectivity index (χ1v) is 8.89. The number of esters is 1. The Bertz CT molecular complexity index is 783. The van der Waals surface area contributed by atoms with Gasteiger partial charge >= 0.3 is 5.97 Å². The van der Waals surface area contributed by atoms with Crippen LogP contribution in [0, 0.1) is 0 Å². The average Bonchev–Trinajstić information content (AvgIpc) is 2.97. The highest BCUT2D eigenvalue weighted by Crippen LogP contribution is 2.21. The molecule has 6 nitrogen and oxygen atoms in total. The molecule has 1 aliphatic heterocycles. The Labute approximate surface area is 153 Å². The minimum absolute atomic E-state index is 0.312. The Balaban J connectivity index is 1.78. The minimum Gasteiger partial charge on any atom is -0.465 e. The molecule has 2 heterocycles. The first kappa shape index (κ1) is 17.9. The molecule has 0 spiro atoms. The normalized spacial score (nSPS) is 14.4. The summed E-state index contributed by atoms with van der Waals surface area (Å²) in [5.74, 6) is -0.842. The molecule has 1 N–H and O–H groups in total. The zero-order valence-electron chi connectivity index (χ0n) is 14.9. The fraction of sp³-hybridized carbons (Fsp3) is 0.350. The third-order valence-electron chi connectivity index (χ3n) is 4.53. The highest BCUT2D eigenvalue weighted by atomic mass is 16.5. The molecule has 2 aromatic rings. The summed E-state index contributed by atoms with van der Waals surface area (Å²) in [6.45, 7) is 1.99. The number of pyridine rings is 1. The van der Waals surface area contributed by atoms with Crippen LogP contribution in [0.5, 0.6) is 0 Å². The zero-order chi connectivity index (χ0) is 18.4. The third-order valence-corrected chi connectivity index (χ3v) is 4.53. The number of benzene rings is 1. The van der Waals surface area contributed by atoms with Crippen molar-refractivity contribution in [1.82, 2.24) is 4.98 Å². The van der Waals surface area contributed by atoms with E-state index in [4.69, 9.17) is 4.74 Å². The number of hydrogen-bond acceptors (Lipinski definition) is 5. The average molecular weight is 353 g/mol. The second-order valence-electron chi connectivity index (χ2n) is 6.29. The number of carbonyl (C=O) groups excluding carboxylic acids is 2. The maximum Gasteiger partial charge on any atom is 0.339 e. The van der Waals surface area contributed by atoms with Gasteiger partial charge in [-0.05, 0) is 37.1 Å². The van der Waals surface area contributed by atoms with Crippen LogP contribution in [-0.4, -0.2) is 37.1 Å². The lowest BCUT2D eigenvalue weighted by Gasteiger charge is -2.22. The molecule has 0 radical (unpaired) electrons. The van der Waals surface area contributed by atoms with E-state index in [2.05, 4.69) is 15.2 Å². The summed E-state index contributed by atoms with van der Waals surface area (Å²) in [7, 11) is 1.31. The summed E-state index contributed by atoms with van der Waals surface area (Å²) >= 11 is 0. The molecule has 0 bridgehead atoms. The predicted octanol–water partition coefficient (Wildman–Crippen LogP) is 3.50. The summed E-state index contributed by atoms with van der Waals surface area (Å²) in [6, 6.07) is 10.5. The van der Waals surface area contributed by atoms with Gasteiger partial charge in [0.15, 0.2) is 0 Å². The summed E-state index contributed by atoms with van der Waals surface area (Å²) < 4.78 is 4.76. The smallest absolute Gasteiger partial charge is 0.339 e. The van der Waals surface area contributed by atoms with E-state index in [1.54, 1.807) is 36.5 Å². The molecule has 26 heavy (non-hydrogen) atoms. The number of hydrogen-bond donors (Lipinski definition) is 1. The molecule has 3 rings (SSSR count). The lowest BCUT2D eigenvalue weighted by molar-refractivity contribution is 0.0602. The van der Waals surface area contributed by atoms with E-state index in [1.165, 1.54) is 20.0 Å². The van der Waals surface area contributed by atoms with Crippen molar-refractivity contribution in [1.29, 1.82) is 0 Å². The number of methoxy groups -OCH3 is 1. The molecule has 0 unspecified atom stereocenters. The molecule has 0 saturated carbocycles. The van der Waals surface area contributed by atoms with Crippen LogP contribution in [-0.2, 0) is 4.74 Å². The molecule has 1 fully saturated rings. The fourth-order valence-electron chi connectivity index (χ4n) is 3.14. The first-order valence-electron chi connectivity index (χ1n) is 8.89. The Hall–Kier alpha value is -2.89. The van der Waals surface area contributed by atoms with Crippen LogP contribution in [0.4, 0.5) is 11.4 Å². The quantitative estimate of drug-likeness (QED) is 0.852. The van der Waals surface area contributed by atoms with Crippen molar-refractivity contribution >= 4 is 23.3 Å². The number of amides is 1. The van der Waals surface area contributed by atoms with E-state index in [1.807, 2.05) is 6.07 Å². The minimum atomic E-state index is -0.493. The first-order chi connectivity index (χ1) is 12.7. The van der Waals surface area contributed by atoms with Gasteiger partial charge in [0.05, 0.1) is 18.4 Å². The molecule has 1 aromatic carbocycles. The van der Waals surface area contributed by atoms with Crippen LogP contribution in [0.15, 0.2) is 42.6 Å². The van der Waals surface area contributed by atoms with Crippen molar-refractivity contribution in [3.8, 4) is 0 Å². The molecule has 1 saturated heterocycles. The van der Waals surface area contributed by atoms with Gasteiger partial charge in [0.1, 0.15) is 5.69 Å².